The van der Waals surface area contributed by atoms with Gasteiger partial charge in [-0.1, -0.05) is 97.1 Å². The van der Waals surface area contributed by atoms with Crippen molar-refractivity contribution in [1.29, 1.82) is 0 Å². The summed E-state index contributed by atoms with van der Waals surface area (Å²) < 4.78 is 21.0. The molecule has 0 aliphatic rings. The summed E-state index contributed by atoms with van der Waals surface area (Å²) in [4.78, 5) is 0. The summed E-state index contributed by atoms with van der Waals surface area (Å²) in [5, 5.41) is 3.49. The first kappa shape index (κ1) is 18.8. The second-order valence-electron chi connectivity index (χ2n) is 6.27. The van der Waals surface area contributed by atoms with Crippen LogP contribution in [0.2, 0.25) is 0 Å². The van der Waals surface area contributed by atoms with Crippen LogP contribution in [0, 0.1) is 0 Å². The highest BCUT2D eigenvalue weighted by molar-refractivity contribution is 7.83. The summed E-state index contributed by atoms with van der Waals surface area (Å²) in [6.45, 7) is 0. The van der Waals surface area contributed by atoms with Crippen molar-refractivity contribution < 1.29 is 8.88 Å². The van der Waals surface area contributed by atoms with Crippen LogP contribution >= 0.6 is 15.5 Å². The van der Waals surface area contributed by atoms with Crippen LogP contribution in [0.25, 0.3) is 0 Å². The van der Waals surface area contributed by atoms with Gasteiger partial charge in [-0.25, -0.2) is 0 Å². The molecule has 4 aromatic carbocycles. The minimum absolute atomic E-state index is 0.709. The van der Waals surface area contributed by atoms with Gasteiger partial charge < -0.3 is 0 Å². The average molecular weight is 402 g/mol. The Hall–Kier alpha value is -2.50. The standard InChI is InChI=1S/C24H20O2P2/c25-28(23-17-9-3-10-18-23,24-19-11-4-12-20-24)26-27(21-13-5-1-6-14-21)22-15-7-2-8-16-22/h1-20H. The van der Waals surface area contributed by atoms with Gasteiger partial charge in [-0.2, -0.15) is 0 Å². The fraction of sp³-hybridized carbons (Fsp3) is 0. The summed E-state index contributed by atoms with van der Waals surface area (Å²) in [6, 6.07) is 39.1. The van der Waals surface area contributed by atoms with Crippen LogP contribution in [-0.2, 0) is 8.88 Å². The molecule has 4 heteroatoms. The van der Waals surface area contributed by atoms with Gasteiger partial charge in [0.2, 0.25) is 0 Å². The van der Waals surface area contributed by atoms with E-state index in [2.05, 4.69) is 0 Å². The minimum Gasteiger partial charge on any atom is -0.289 e. The highest BCUT2D eigenvalue weighted by atomic mass is 31.2. The Morgan fingerprint density at radius 3 is 1.18 bits per heavy atom. The molecule has 0 atom stereocenters. The summed E-state index contributed by atoms with van der Waals surface area (Å²) in [5.41, 5.74) is 0. The highest BCUT2D eigenvalue weighted by Gasteiger charge is 2.33. The van der Waals surface area contributed by atoms with E-state index in [4.69, 9.17) is 4.31 Å². The minimum atomic E-state index is -3.28. The number of hydrogen-bond donors (Lipinski definition) is 0. The zero-order valence-corrected chi connectivity index (χ0v) is 17.0. The van der Waals surface area contributed by atoms with Gasteiger partial charge in [0.05, 0.1) is 0 Å². The second-order valence-corrected chi connectivity index (χ2v) is 10.7. The normalized spacial score (nSPS) is 11.5. The van der Waals surface area contributed by atoms with E-state index in [0.29, 0.717) is 10.6 Å². The van der Waals surface area contributed by atoms with Gasteiger partial charge in [-0.15, -0.1) is 0 Å². The van der Waals surface area contributed by atoms with E-state index < -0.39 is 15.5 Å². The summed E-state index contributed by atoms with van der Waals surface area (Å²) in [6.07, 6.45) is 0. The lowest BCUT2D eigenvalue weighted by Gasteiger charge is -2.26. The Kier molecular flexibility index (Phi) is 5.84. The fourth-order valence-corrected chi connectivity index (χ4v) is 8.02. The van der Waals surface area contributed by atoms with Crippen molar-refractivity contribution in [2.45, 2.75) is 0 Å². The van der Waals surface area contributed by atoms with E-state index in [1.807, 2.05) is 121 Å². The quantitative estimate of drug-likeness (QED) is 0.425. The second kappa shape index (κ2) is 8.67. The van der Waals surface area contributed by atoms with E-state index in [-0.39, 0.29) is 0 Å². The molecule has 0 amide bonds. The predicted molar refractivity (Wildman–Crippen MR) is 120 cm³/mol. The van der Waals surface area contributed by atoms with Crippen molar-refractivity contribution in [2.75, 3.05) is 0 Å². The lowest BCUT2D eigenvalue weighted by Crippen LogP contribution is -2.21. The largest absolute Gasteiger partial charge is 0.289 e. The number of hydrogen-bond acceptors (Lipinski definition) is 2. The third kappa shape index (κ3) is 4.01. The van der Waals surface area contributed by atoms with Gasteiger partial charge in [0.25, 0.3) is 7.37 Å². The first-order valence-corrected chi connectivity index (χ1v) is 12.0. The maximum Gasteiger partial charge on any atom is 0.264 e. The van der Waals surface area contributed by atoms with Gasteiger partial charge in [-0.3, -0.25) is 8.88 Å². The molecule has 4 rings (SSSR count). The molecule has 0 saturated heterocycles. The molecular formula is C24H20O2P2. The molecule has 0 heterocycles. The topological polar surface area (TPSA) is 26.3 Å². The molecule has 0 aliphatic heterocycles. The molecule has 28 heavy (non-hydrogen) atoms. The van der Waals surface area contributed by atoms with Crippen molar-refractivity contribution >= 4 is 36.7 Å². The molecule has 0 aromatic heterocycles. The van der Waals surface area contributed by atoms with Crippen molar-refractivity contribution in [3.8, 4) is 0 Å². The Balaban J connectivity index is 1.85. The Morgan fingerprint density at radius 1 is 0.500 bits per heavy atom. The molecule has 0 aliphatic carbocycles. The van der Waals surface area contributed by atoms with E-state index in [1.165, 1.54) is 0 Å². The molecule has 138 valence electrons. The molecule has 4 aromatic rings. The van der Waals surface area contributed by atoms with E-state index in [9.17, 15) is 4.57 Å². The lowest BCUT2D eigenvalue weighted by atomic mass is 10.4. The first-order valence-electron chi connectivity index (χ1n) is 9.08. The lowest BCUT2D eigenvalue weighted by molar-refractivity contribution is 0.527. The van der Waals surface area contributed by atoms with Gasteiger partial charge in [0.15, 0.2) is 0 Å². The van der Waals surface area contributed by atoms with E-state index in [1.54, 1.807) is 0 Å². The highest BCUT2D eigenvalue weighted by Crippen LogP contribution is 2.56. The monoisotopic (exact) mass is 402 g/mol. The molecule has 0 spiro atoms. The maximum absolute atomic E-state index is 14.4. The fourth-order valence-electron chi connectivity index (χ4n) is 2.98. The van der Waals surface area contributed by atoms with Crippen molar-refractivity contribution in [3.63, 3.8) is 0 Å². The van der Waals surface area contributed by atoms with Crippen molar-refractivity contribution in [1.82, 2.24) is 0 Å². The van der Waals surface area contributed by atoms with Crippen LogP contribution in [-0.4, -0.2) is 0 Å². The average Bonchev–Trinajstić information content (AvgIpc) is 2.80. The zero-order chi connectivity index (χ0) is 19.2. The zero-order valence-electron chi connectivity index (χ0n) is 15.3. The Labute approximate surface area is 167 Å². The molecule has 0 fully saturated rings. The van der Waals surface area contributed by atoms with Gasteiger partial charge >= 0.3 is 0 Å². The Bertz CT molecular complexity index is 970. The van der Waals surface area contributed by atoms with E-state index in [0.717, 1.165) is 10.6 Å². The van der Waals surface area contributed by atoms with Crippen LogP contribution in [0.5, 0.6) is 0 Å². The molecule has 0 saturated carbocycles. The van der Waals surface area contributed by atoms with Crippen molar-refractivity contribution in [2.24, 2.45) is 0 Å². The summed E-state index contributed by atoms with van der Waals surface area (Å²) in [5.74, 6) is 0. The smallest absolute Gasteiger partial charge is 0.264 e. The van der Waals surface area contributed by atoms with Crippen LogP contribution in [0.15, 0.2) is 121 Å². The third-order valence-electron chi connectivity index (χ3n) is 4.37. The number of rotatable bonds is 6. The van der Waals surface area contributed by atoms with Gasteiger partial charge in [0.1, 0.15) is 8.15 Å². The molecule has 0 N–H and O–H groups in total. The molecule has 0 unspecified atom stereocenters. The Morgan fingerprint density at radius 2 is 0.821 bits per heavy atom. The molecule has 0 bridgehead atoms. The molecule has 2 nitrogen and oxygen atoms in total. The van der Waals surface area contributed by atoms with Crippen LogP contribution in [0.3, 0.4) is 0 Å². The first-order chi connectivity index (χ1) is 13.8. The van der Waals surface area contributed by atoms with Gasteiger partial charge in [0, 0.05) is 21.2 Å². The SMILES string of the molecule is O=P(OP(c1ccccc1)c1ccccc1)(c1ccccc1)c1ccccc1. The van der Waals surface area contributed by atoms with Gasteiger partial charge in [-0.05, 0) is 24.3 Å². The maximum atomic E-state index is 14.4. The van der Waals surface area contributed by atoms with Crippen LogP contribution in [0.1, 0.15) is 0 Å². The summed E-state index contributed by atoms with van der Waals surface area (Å²) in [7, 11) is -4.53. The summed E-state index contributed by atoms with van der Waals surface area (Å²) >= 11 is 0. The third-order valence-corrected chi connectivity index (χ3v) is 9.43. The molecular weight excluding hydrogens is 382 g/mol. The van der Waals surface area contributed by atoms with Crippen LogP contribution < -0.4 is 21.2 Å². The van der Waals surface area contributed by atoms with Crippen molar-refractivity contribution in [3.05, 3.63) is 121 Å². The predicted octanol–water partition coefficient (Wildman–Crippen LogP) is 4.98. The van der Waals surface area contributed by atoms with Crippen LogP contribution in [0.4, 0.5) is 0 Å². The molecule has 0 radical (unpaired) electrons. The van der Waals surface area contributed by atoms with E-state index >= 15 is 0 Å². The number of benzene rings is 4.